The van der Waals surface area contributed by atoms with Gasteiger partial charge in [0.05, 0.1) is 38.6 Å². The second-order valence-corrected chi connectivity index (χ2v) is 9.28. The minimum absolute atomic E-state index is 0.231. The Morgan fingerprint density at radius 3 is 2.28 bits per heavy atom. The number of hydrazone groups is 1. The summed E-state index contributed by atoms with van der Waals surface area (Å²) in [6.45, 7) is 2.27. The molecule has 8 heteroatoms. The summed E-state index contributed by atoms with van der Waals surface area (Å²) >= 11 is 0. The average Bonchev–Trinajstić information content (AvgIpc) is 2.71. The number of nitrogens with one attached hydrogen (secondary N) is 2. The van der Waals surface area contributed by atoms with Crippen LogP contribution in [0.3, 0.4) is 0 Å². The molecule has 1 saturated heterocycles. The van der Waals surface area contributed by atoms with Crippen LogP contribution in [-0.4, -0.2) is 46.4 Å². The maximum atomic E-state index is 12.4. The van der Waals surface area contributed by atoms with E-state index >= 15 is 0 Å². The summed E-state index contributed by atoms with van der Waals surface area (Å²) in [7, 11) is -1.32. The molecule has 1 aliphatic heterocycles. The van der Waals surface area contributed by atoms with Crippen molar-refractivity contribution in [2.24, 2.45) is 5.10 Å². The van der Waals surface area contributed by atoms with Gasteiger partial charge in [-0.3, -0.25) is 9.10 Å². The van der Waals surface area contributed by atoms with Crippen molar-refractivity contribution >= 4 is 27.3 Å². The molecular weight excluding hydrogens is 388 g/mol. The van der Waals surface area contributed by atoms with Gasteiger partial charge in [-0.15, -0.1) is 0 Å². The number of sulfonamides is 1. The molecule has 0 bridgehead atoms. The molecule has 2 N–H and O–H groups in total. The van der Waals surface area contributed by atoms with E-state index in [4.69, 9.17) is 0 Å². The molecule has 0 atom stereocenters. The number of carbonyl (C=O) groups excluding carboxylic acids is 1. The van der Waals surface area contributed by atoms with Gasteiger partial charge < -0.3 is 4.90 Å². The molecule has 3 rings (SSSR count). The lowest BCUT2D eigenvalue weighted by Gasteiger charge is -2.22. The summed E-state index contributed by atoms with van der Waals surface area (Å²) in [5, 5.41) is 4.24. The van der Waals surface area contributed by atoms with Crippen LogP contribution in [0.5, 0.6) is 0 Å². The lowest BCUT2D eigenvalue weighted by Crippen LogP contribution is -3.10. The van der Waals surface area contributed by atoms with Crippen LogP contribution in [0.25, 0.3) is 0 Å². The first-order valence-corrected chi connectivity index (χ1v) is 11.5. The molecule has 0 saturated carbocycles. The predicted molar refractivity (Wildman–Crippen MR) is 115 cm³/mol. The number of nitrogens with zero attached hydrogens (tertiary/aromatic N) is 2. The largest absolute Gasteiger partial charge is 0.337 e. The van der Waals surface area contributed by atoms with Crippen molar-refractivity contribution in [2.75, 3.05) is 30.7 Å². The Morgan fingerprint density at radius 2 is 1.69 bits per heavy atom. The summed E-state index contributed by atoms with van der Waals surface area (Å²) < 4.78 is 25.9. The molecule has 29 heavy (non-hydrogen) atoms. The van der Waals surface area contributed by atoms with Crippen molar-refractivity contribution < 1.29 is 18.1 Å². The van der Waals surface area contributed by atoms with Crippen molar-refractivity contribution in [2.45, 2.75) is 19.4 Å². The Labute approximate surface area is 172 Å². The standard InChI is InChI=1S/C21H26N4O3S/c1-24-14-12-19(13-15-24)22-23-21(26)18-8-10-20(11-9-18)25(29(2,27)28)16-17-6-4-3-5-7-17/h3-11H,12-16H2,1-2H3,(H,23,26)/p+1. The fourth-order valence-corrected chi connectivity index (χ4v) is 4.09. The van der Waals surface area contributed by atoms with Crippen LogP contribution in [0.15, 0.2) is 59.7 Å². The molecule has 2 aromatic rings. The maximum Gasteiger partial charge on any atom is 0.271 e. The second-order valence-electron chi connectivity index (χ2n) is 7.38. The number of likely N-dealkylation sites (tertiary alicyclic amines) is 1. The monoisotopic (exact) mass is 415 g/mol. The number of rotatable bonds is 6. The molecule has 154 valence electrons. The molecule has 1 amide bonds. The number of benzene rings is 2. The Hall–Kier alpha value is -2.71. The Balaban J connectivity index is 1.70. The highest BCUT2D eigenvalue weighted by Gasteiger charge is 2.19. The zero-order chi connectivity index (χ0) is 20.9. The lowest BCUT2D eigenvalue weighted by atomic mass is 10.1. The highest BCUT2D eigenvalue weighted by molar-refractivity contribution is 7.92. The highest BCUT2D eigenvalue weighted by atomic mass is 32.2. The van der Waals surface area contributed by atoms with E-state index in [0.29, 0.717) is 11.3 Å². The van der Waals surface area contributed by atoms with Gasteiger partial charge in [-0.05, 0) is 29.8 Å². The number of piperidine rings is 1. The van der Waals surface area contributed by atoms with Crippen LogP contribution in [-0.2, 0) is 16.6 Å². The number of quaternary nitrogens is 1. The fourth-order valence-electron chi connectivity index (χ4n) is 3.20. The topological polar surface area (TPSA) is 83.3 Å². The summed E-state index contributed by atoms with van der Waals surface area (Å²) in [5.74, 6) is -0.302. The zero-order valence-electron chi connectivity index (χ0n) is 16.8. The Kier molecular flexibility index (Phi) is 6.66. The number of anilines is 1. The molecule has 0 unspecified atom stereocenters. The van der Waals surface area contributed by atoms with Crippen molar-refractivity contribution in [1.29, 1.82) is 0 Å². The quantitative estimate of drug-likeness (QED) is 0.692. The van der Waals surface area contributed by atoms with E-state index < -0.39 is 10.0 Å². The third-order valence-electron chi connectivity index (χ3n) is 4.98. The van der Waals surface area contributed by atoms with Gasteiger partial charge in [-0.2, -0.15) is 5.10 Å². The van der Waals surface area contributed by atoms with Crippen LogP contribution >= 0.6 is 0 Å². The maximum absolute atomic E-state index is 12.4. The van der Waals surface area contributed by atoms with Gasteiger partial charge in [-0.1, -0.05) is 30.3 Å². The van der Waals surface area contributed by atoms with E-state index in [1.54, 1.807) is 24.3 Å². The normalized spacial score (nSPS) is 16.9. The molecule has 0 radical (unpaired) electrons. The van der Waals surface area contributed by atoms with Crippen molar-refractivity contribution in [3.63, 3.8) is 0 Å². The smallest absolute Gasteiger partial charge is 0.271 e. The third kappa shape index (κ3) is 5.88. The molecular formula is C21H27N4O3S+. The molecule has 1 heterocycles. The summed E-state index contributed by atoms with van der Waals surface area (Å²) in [6, 6.07) is 15.9. The van der Waals surface area contributed by atoms with Gasteiger partial charge in [0.1, 0.15) is 0 Å². The lowest BCUT2D eigenvalue weighted by molar-refractivity contribution is -0.880. The van der Waals surface area contributed by atoms with Gasteiger partial charge in [0.15, 0.2) is 0 Å². The van der Waals surface area contributed by atoms with Crippen LogP contribution in [0.2, 0.25) is 0 Å². The first-order chi connectivity index (χ1) is 13.8. The minimum Gasteiger partial charge on any atom is -0.337 e. The van der Waals surface area contributed by atoms with E-state index in [-0.39, 0.29) is 12.5 Å². The van der Waals surface area contributed by atoms with Crippen LogP contribution in [0.1, 0.15) is 28.8 Å². The Morgan fingerprint density at radius 1 is 1.07 bits per heavy atom. The number of carbonyl (C=O) groups is 1. The number of hydrogen-bond donors (Lipinski definition) is 2. The number of hydrogen-bond acceptors (Lipinski definition) is 4. The van der Waals surface area contributed by atoms with Gasteiger partial charge >= 0.3 is 0 Å². The molecule has 0 spiro atoms. The Bertz CT molecular complexity index is 963. The van der Waals surface area contributed by atoms with E-state index in [9.17, 15) is 13.2 Å². The third-order valence-corrected chi connectivity index (χ3v) is 6.12. The molecule has 7 nitrogen and oxygen atoms in total. The van der Waals surface area contributed by atoms with Gasteiger partial charge in [0.25, 0.3) is 5.91 Å². The molecule has 1 aliphatic rings. The molecule has 0 aromatic heterocycles. The summed E-state index contributed by atoms with van der Waals surface area (Å²) in [6.07, 6.45) is 2.94. The minimum atomic E-state index is -3.47. The van der Waals surface area contributed by atoms with Crippen LogP contribution in [0, 0.1) is 0 Å². The van der Waals surface area contributed by atoms with Crippen molar-refractivity contribution in [3.05, 3.63) is 65.7 Å². The summed E-state index contributed by atoms with van der Waals surface area (Å²) in [5.41, 5.74) is 5.45. The first kappa shape index (κ1) is 21.0. The average molecular weight is 416 g/mol. The molecule has 2 aromatic carbocycles. The van der Waals surface area contributed by atoms with Crippen molar-refractivity contribution in [1.82, 2.24) is 5.43 Å². The zero-order valence-corrected chi connectivity index (χ0v) is 17.6. The van der Waals surface area contributed by atoms with E-state index in [1.165, 1.54) is 15.5 Å². The van der Waals surface area contributed by atoms with E-state index in [0.717, 1.165) is 37.2 Å². The first-order valence-electron chi connectivity index (χ1n) is 9.62. The van der Waals surface area contributed by atoms with Gasteiger partial charge in [-0.25, -0.2) is 13.8 Å². The number of amides is 1. The van der Waals surface area contributed by atoms with Crippen LogP contribution < -0.4 is 14.6 Å². The van der Waals surface area contributed by atoms with E-state index in [1.807, 2.05) is 30.3 Å². The van der Waals surface area contributed by atoms with Gasteiger partial charge in [0, 0.05) is 24.1 Å². The van der Waals surface area contributed by atoms with Gasteiger partial charge in [0.2, 0.25) is 10.0 Å². The predicted octanol–water partition coefficient (Wildman–Crippen LogP) is 1.05. The summed E-state index contributed by atoms with van der Waals surface area (Å²) in [4.78, 5) is 13.8. The van der Waals surface area contributed by atoms with E-state index in [2.05, 4.69) is 17.6 Å². The fraction of sp³-hybridized carbons (Fsp3) is 0.333. The van der Waals surface area contributed by atoms with Crippen molar-refractivity contribution in [3.8, 4) is 0 Å². The SMILES string of the molecule is C[NH+]1CCC(=NNC(=O)c2ccc(N(Cc3ccccc3)S(C)(=O)=O)cc2)CC1. The molecule has 0 aliphatic carbocycles. The highest BCUT2D eigenvalue weighted by Crippen LogP contribution is 2.21. The second kappa shape index (κ2) is 9.19. The van der Waals surface area contributed by atoms with Crippen LogP contribution in [0.4, 0.5) is 5.69 Å². The molecule has 1 fully saturated rings.